The van der Waals surface area contributed by atoms with Crippen LogP contribution in [-0.4, -0.2) is 9.79 Å². The van der Waals surface area contributed by atoms with Gasteiger partial charge in [-0.05, 0) is 0 Å². The summed E-state index contributed by atoms with van der Waals surface area (Å²) in [5.41, 5.74) is 0. The van der Waals surface area contributed by atoms with E-state index in [0.717, 1.165) is 0 Å². The van der Waals surface area contributed by atoms with Crippen molar-refractivity contribution in [3.05, 3.63) is 0 Å². The van der Waals surface area contributed by atoms with Crippen LogP contribution in [0.3, 0.4) is 0 Å². The second-order valence-corrected chi connectivity index (χ2v) is 0.758. The molecular weight excluding hydrogens is 82.0 g/mol. The van der Waals surface area contributed by atoms with Gasteiger partial charge in [-0.25, -0.2) is 0 Å². The van der Waals surface area contributed by atoms with Crippen LogP contribution in [0.5, 0.6) is 0 Å². The molecule has 24 valence electrons. The van der Waals surface area contributed by atoms with Crippen molar-refractivity contribution in [2.45, 2.75) is 0 Å². The van der Waals surface area contributed by atoms with Gasteiger partial charge in [-0.1, -0.05) is 0 Å². The van der Waals surface area contributed by atoms with Crippen molar-refractivity contribution < 1.29 is 14.4 Å². The number of hydrogen-bond donors (Lipinski definition) is 2. The van der Waals surface area contributed by atoms with Gasteiger partial charge in [-0.3, -0.25) is 0 Å². The summed E-state index contributed by atoms with van der Waals surface area (Å²) in [6.07, 6.45) is 0. The Kier molecular flexibility index (Phi) is 1.36. The minimum absolute atomic E-state index is 2.87. The predicted octanol–water partition coefficient (Wildman–Crippen LogP) is -0.372. The number of hydrogen-bond acceptors (Lipinski definition) is 1. The summed E-state index contributed by atoms with van der Waals surface area (Å²) >= 11 is 0. The Labute approximate surface area is 23.8 Å². The Morgan fingerprint density at radius 3 is 1.50 bits per heavy atom. The van der Waals surface area contributed by atoms with E-state index in [1.165, 1.54) is 0 Å². The molecule has 4 heavy (non-hydrogen) atoms. The molecule has 0 rings (SSSR count). The highest BCUT2D eigenvalue weighted by Gasteiger charge is 1.93. The molecule has 0 atom stereocenters. The molecule has 0 aliphatic carbocycles. The van der Waals surface area contributed by atoms with Gasteiger partial charge >= 0.3 is 8.25 Å². The smallest absolute Gasteiger partial charge is 0.134 e. The van der Waals surface area contributed by atoms with Crippen LogP contribution in [0.15, 0.2) is 0 Å². The molecule has 2 N–H and O–H groups in total. The van der Waals surface area contributed by atoms with Crippen LogP contribution in [0, 0.1) is 0 Å². The normalized spacial score (nSPS) is 6.50. The van der Waals surface area contributed by atoms with Crippen molar-refractivity contribution in [3.8, 4) is 0 Å². The molecule has 0 aromatic carbocycles. The highest BCUT2D eigenvalue weighted by atomic mass is 31.2. The van der Waals surface area contributed by atoms with Crippen LogP contribution in [0.2, 0.25) is 0 Å². The predicted molar refractivity (Wildman–Crippen MR) is 12.0 cm³/mol. The minimum Gasteiger partial charge on any atom is -0.134 e. The second kappa shape index (κ2) is 1.35. The second-order valence-electron chi connectivity index (χ2n) is 0.253. The van der Waals surface area contributed by atoms with Gasteiger partial charge in [0.05, 0.1) is 0 Å². The lowest BCUT2D eigenvalue weighted by molar-refractivity contribution is 0.405. The van der Waals surface area contributed by atoms with E-state index >= 15 is 0 Å². The first kappa shape index (κ1) is 4.02. The summed E-state index contributed by atoms with van der Waals surface area (Å²) in [6, 6.07) is 0. The Morgan fingerprint density at radius 1 is 1.50 bits per heavy atom. The van der Waals surface area contributed by atoms with E-state index in [1.54, 1.807) is 0 Å². The van der Waals surface area contributed by atoms with Gasteiger partial charge in [0, 0.05) is 4.57 Å². The van der Waals surface area contributed by atoms with E-state index in [-0.39, 0.29) is 0 Å². The Hall–Kier alpha value is 0.0200. The zero-order valence-electron chi connectivity index (χ0n) is 1.75. The van der Waals surface area contributed by atoms with E-state index in [4.69, 9.17) is 14.4 Å². The highest BCUT2D eigenvalue weighted by Crippen LogP contribution is 1.98. The van der Waals surface area contributed by atoms with Crippen LogP contribution in [0.25, 0.3) is 0 Å². The molecule has 3 nitrogen and oxygen atoms in total. The number of rotatable bonds is 0. The van der Waals surface area contributed by atoms with Crippen LogP contribution in [0.4, 0.5) is 0 Å². The van der Waals surface area contributed by atoms with E-state index in [2.05, 4.69) is 0 Å². The maximum Gasteiger partial charge on any atom is 0.692 e. The van der Waals surface area contributed by atoms with Crippen molar-refractivity contribution >= 4 is 8.25 Å². The van der Waals surface area contributed by atoms with Crippen LogP contribution < -0.4 is 0 Å². The molecule has 0 aliphatic heterocycles. The van der Waals surface area contributed by atoms with Crippen molar-refractivity contribution in [1.29, 1.82) is 0 Å². The average Bonchev–Trinajstić information content (AvgIpc) is 0.811. The first-order valence-corrected chi connectivity index (χ1v) is 1.75. The Morgan fingerprint density at radius 2 is 1.50 bits per heavy atom. The fraction of sp³-hybridized carbons (Fsp3) is 0. The fourth-order valence-electron chi connectivity index (χ4n) is 0. The fourth-order valence-corrected chi connectivity index (χ4v) is 0. The van der Waals surface area contributed by atoms with Gasteiger partial charge in [0.2, 0.25) is 0 Å². The molecule has 0 fully saturated rings. The van der Waals surface area contributed by atoms with E-state index < -0.39 is 8.25 Å². The standard InChI is InChI=1S/HO3P/c1-4(2)3/h(H-,1,2,3)/p+1/i1+1,2+1,3+1. The first-order chi connectivity index (χ1) is 1.73. The summed E-state index contributed by atoms with van der Waals surface area (Å²) in [5.74, 6) is 0. The summed E-state index contributed by atoms with van der Waals surface area (Å²) in [5, 5.41) is 0. The van der Waals surface area contributed by atoms with Crippen molar-refractivity contribution in [3.63, 3.8) is 0 Å². The van der Waals surface area contributed by atoms with Crippen molar-refractivity contribution in [1.82, 2.24) is 0 Å². The molecule has 0 aromatic heterocycles. The lowest BCUT2D eigenvalue weighted by atomic mass is 16.8. The summed E-state index contributed by atoms with van der Waals surface area (Å²) in [6.45, 7) is 0. The zero-order chi connectivity index (χ0) is 3.58. The maximum atomic E-state index is 8.70. The third-order valence-electron chi connectivity index (χ3n) is 0. The van der Waals surface area contributed by atoms with E-state index in [1.807, 2.05) is 0 Å². The maximum absolute atomic E-state index is 8.70. The third-order valence-corrected chi connectivity index (χ3v) is 0. The Bertz CT molecular complexity index is 26.3. The molecule has 0 radical (unpaired) electrons. The third kappa shape index (κ3) is 5250. The van der Waals surface area contributed by atoms with Gasteiger partial charge < -0.3 is 0 Å². The molecule has 0 saturated heterocycles. The van der Waals surface area contributed by atoms with Gasteiger partial charge in [0.15, 0.2) is 0 Å². The minimum atomic E-state index is -2.87. The van der Waals surface area contributed by atoms with Crippen LogP contribution in [-0.2, 0) is 4.57 Å². The van der Waals surface area contributed by atoms with Crippen molar-refractivity contribution in [2.75, 3.05) is 0 Å². The molecule has 4 heteroatoms. The van der Waals surface area contributed by atoms with Gasteiger partial charge in [-0.2, -0.15) is 0 Å². The van der Waals surface area contributed by atoms with E-state index in [0.29, 0.717) is 0 Å². The monoisotopic (exact) mass is 84.0 g/mol. The SMILES string of the molecule is [17O]=[P+]([17OH])[17OH]. The molecule has 0 saturated carbocycles. The zero-order valence-corrected chi connectivity index (χ0v) is 2.64. The van der Waals surface area contributed by atoms with Crippen LogP contribution in [0.1, 0.15) is 0 Å². The highest BCUT2D eigenvalue weighted by molar-refractivity contribution is 7.30. The molecule has 0 spiro atoms. The molecular formula is H2O3P+. The molecule has 0 aromatic rings. The van der Waals surface area contributed by atoms with Crippen LogP contribution >= 0.6 is 8.25 Å². The Balaban J connectivity index is 2.80. The largest absolute Gasteiger partial charge is 0.692 e. The van der Waals surface area contributed by atoms with Gasteiger partial charge in [0.25, 0.3) is 0 Å². The van der Waals surface area contributed by atoms with Crippen molar-refractivity contribution in [2.24, 2.45) is 0 Å². The lowest BCUT2D eigenvalue weighted by Gasteiger charge is -1.34. The van der Waals surface area contributed by atoms with Gasteiger partial charge in [-0.15, -0.1) is 9.79 Å². The molecule has 0 amide bonds. The molecule has 0 unspecified atom stereocenters. The first-order valence-electron chi connectivity index (χ1n) is 0.583. The topological polar surface area (TPSA) is 57.5 Å². The molecule has 0 heterocycles. The van der Waals surface area contributed by atoms with E-state index in [9.17, 15) is 0 Å². The summed E-state index contributed by atoms with van der Waals surface area (Å²) in [4.78, 5) is 14.2. The average molecular weight is 84.0 g/mol. The molecule has 0 bridgehead atoms. The van der Waals surface area contributed by atoms with Gasteiger partial charge in [0.1, 0.15) is 0 Å². The summed E-state index contributed by atoms with van der Waals surface area (Å²) in [7, 11) is -2.87. The quantitative estimate of drug-likeness (QED) is 0.393. The lowest BCUT2D eigenvalue weighted by Crippen LogP contribution is -1.38. The summed E-state index contributed by atoms with van der Waals surface area (Å²) < 4.78 is 8.70. The molecule has 0 aliphatic rings.